The van der Waals surface area contributed by atoms with Crippen LogP contribution in [0.3, 0.4) is 0 Å². The highest BCUT2D eigenvalue weighted by Gasteiger charge is 2.39. The Morgan fingerprint density at radius 2 is 2.05 bits per heavy atom. The van der Waals surface area contributed by atoms with Crippen LogP contribution in [0.2, 0.25) is 0 Å². The van der Waals surface area contributed by atoms with Gasteiger partial charge in [-0.05, 0) is 18.1 Å². The fraction of sp³-hybridized carbons (Fsp3) is 0.429. The van der Waals surface area contributed by atoms with Crippen molar-refractivity contribution in [2.45, 2.75) is 20.0 Å². The molecule has 2 aromatic rings. The van der Waals surface area contributed by atoms with Gasteiger partial charge >= 0.3 is 6.18 Å². The number of halogens is 3. The van der Waals surface area contributed by atoms with Gasteiger partial charge in [0.25, 0.3) is 0 Å². The van der Waals surface area contributed by atoms with E-state index in [1.807, 2.05) is 13.8 Å². The molecule has 0 unspecified atom stereocenters. The Labute approximate surface area is 125 Å². The fourth-order valence-corrected chi connectivity index (χ4v) is 3.05. The SMILES string of the molecule is CC(C)CN(C)c1sc(-c2cccnc2)nc1C(F)(F)F. The average Bonchev–Trinajstić information content (AvgIpc) is 2.84. The molecule has 114 valence electrons. The Bertz CT molecular complexity index is 593. The lowest BCUT2D eigenvalue weighted by molar-refractivity contribution is -0.140. The zero-order chi connectivity index (χ0) is 15.6. The van der Waals surface area contributed by atoms with Gasteiger partial charge in [-0.2, -0.15) is 13.2 Å². The van der Waals surface area contributed by atoms with E-state index >= 15 is 0 Å². The van der Waals surface area contributed by atoms with Crippen LogP contribution in [0.1, 0.15) is 19.5 Å². The molecule has 0 saturated carbocycles. The Balaban J connectivity index is 2.46. The lowest BCUT2D eigenvalue weighted by Gasteiger charge is -2.21. The highest BCUT2D eigenvalue weighted by molar-refractivity contribution is 7.19. The van der Waals surface area contributed by atoms with Crippen LogP contribution in [0, 0.1) is 5.92 Å². The molecule has 2 aromatic heterocycles. The second-order valence-electron chi connectivity index (χ2n) is 5.19. The van der Waals surface area contributed by atoms with Crippen molar-refractivity contribution in [2.24, 2.45) is 5.92 Å². The van der Waals surface area contributed by atoms with E-state index in [0.29, 0.717) is 17.1 Å². The molecule has 0 radical (unpaired) electrons. The largest absolute Gasteiger partial charge is 0.436 e. The van der Waals surface area contributed by atoms with Crippen LogP contribution in [0.4, 0.5) is 18.2 Å². The van der Waals surface area contributed by atoms with Gasteiger partial charge in [0, 0.05) is 31.5 Å². The van der Waals surface area contributed by atoms with E-state index in [1.54, 1.807) is 30.3 Å². The number of hydrogen-bond donors (Lipinski definition) is 0. The molecule has 2 rings (SSSR count). The zero-order valence-electron chi connectivity index (χ0n) is 12.0. The molecule has 0 aliphatic carbocycles. The second-order valence-corrected chi connectivity index (χ2v) is 6.16. The first-order valence-electron chi connectivity index (χ1n) is 6.48. The predicted molar refractivity (Wildman–Crippen MR) is 78.5 cm³/mol. The number of alkyl halides is 3. The first-order chi connectivity index (χ1) is 9.79. The highest BCUT2D eigenvalue weighted by Crippen LogP contribution is 2.42. The molecule has 0 aromatic carbocycles. The molecule has 0 spiro atoms. The Morgan fingerprint density at radius 3 is 2.57 bits per heavy atom. The quantitative estimate of drug-likeness (QED) is 0.841. The van der Waals surface area contributed by atoms with E-state index in [2.05, 4.69) is 9.97 Å². The van der Waals surface area contributed by atoms with E-state index in [9.17, 15) is 13.2 Å². The maximum absolute atomic E-state index is 13.2. The van der Waals surface area contributed by atoms with Crippen molar-refractivity contribution in [2.75, 3.05) is 18.5 Å². The van der Waals surface area contributed by atoms with Crippen molar-refractivity contribution in [3.8, 4) is 10.6 Å². The fourth-order valence-electron chi connectivity index (χ4n) is 2.00. The molecule has 0 aliphatic rings. The van der Waals surface area contributed by atoms with Gasteiger partial charge in [0.15, 0.2) is 5.69 Å². The van der Waals surface area contributed by atoms with Crippen LogP contribution < -0.4 is 4.90 Å². The van der Waals surface area contributed by atoms with Gasteiger partial charge in [-0.25, -0.2) is 4.98 Å². The van der Waals surface area contributed by atoms with Crippen LogP contribution in [0.5, 0.6) is 0 Å². The van der Waals surface area contributed by atoms with Crippen LogP contribution in [0.25, 0.3) is 10.6 Å². The summed E-state index contributed by atoms with van der Waals surface area (Å²) in [5, 5.41) is 0.482. The first kappa shape index (κ1) is 15.8. The third kappa shape index (κ3) is 3.72. The Hall–Kier alpha value is -1.63. The van der Waals surface area contributed by atoms with Gasteiger partial charge in [-0.15, -0.1) is 0 Å². The average molecular weight is 315 g/mol. The lowest BCUT2D eigenvalue weighted by Crippen LogP contribution is -2.24. The minimum atomic E-state index is -4.46. The molecule has 0 N–H and O–H groups in total. The van der Waals surface area contributed by atoms with Crippen molar-refractivity contribution < 1.29 is 13.2 Å². The molecule has 2 heterocycles. The van der Waals surface area contributed by atoms with E-state index < -0.39 is 11.9 Å². The number of pyridine rings is 1. The van der Waals surface area contributed by atoms with Crippen LogP contribution in [-0.4, -0.2) is 23.6 Å². The van der Waals surface area contributed by atoms with Crippen molar-refractivity contribution >= 4 is 16.3 Å². The number of anilines is 1. The highest BCUT2D eigenvalue weighted by atomic mass is 32.1. The smallest absolute Gasteiger partial charge is 0.364 e. The molecule has 0 fully saturated rings. The summed E-state index contributed by atoms with van der Waals surface area (Å²) in [7, 11) is 1.66. The van der Waals surface area contributed by atoms with Gasteiger partial charge in [-0.1, -0.05) is 25.2 Å². The summed E-state index contributed by atoms with van der Waals surface area (Å²) >= 11 is 1.04. The third-order valence-electron chi connectivity index (χ3n) is 2.77. The predicted octanol–water partition coefficient (Wildman–Crippen LogP) is 4.32. The van der Waals surface area contributed by atoms with Crippen molar-refractivity contribution in [3.63, 3.8) is 0 Å². The van der Waals surface area contributed by atoms with E-state index in [-0.39, 0.29) is 10.9 Å². The van der Waals surface area contributed by atoms with Crippen molar-refractivity contribution in [3.05, 3.63) is 30.2 Å². The molecular weight excluding hydrogens is 299 g/mol. The summed E-state index contributed by atoms with van der Waals surface area (Å²) in [6, 6.07) is 3.39. The molecule has 0 aliphatic heterocycles. The lowest BCUT2D eigenvalue weighted by atomic mass is 10.2. The summed E-state index contributed by atoms with van der Waals surface area (Å²) in [5.41, 5.74) is -0.230. The van der Waals surface area contributed by atoms with Gasteiger partial charge in [0.1, 0.15) is 10.0 Å². The van der Waals surface area contributed by atoms with E-state index in [1.165, 1.54) is 6.20 Å². The molecule has 7 heteroatoms. The maximum Gasteiger partial charge on any atom is 0.436 e. The van der Waals surface area contributed by atoms with Crippen molar-refractivity contribution in [1.82, 2.24) is 9.97 Å². The number of thiazole rings is 1. The maximum atomic E-state index is 13.2. The van der Waals surface area contributed by atoms with Gasteiger partial charge in [0.05, 0.1) is 0 Å². The second kappa shape index (κ2) is 6.01. The summed E-state index contributed by atoms with van der Waals surface area (Å²) in [6.07, 6.45) is -1.36. The van der Waals surface area contributed by atoms with Crippen molar-refractivity contribution in [1.29, 1.82) is 0 Å². The number of aromatic nitrogens is 2. The van der Waals surface area contributed by atoms with Gasteiger partial charge in [0.2, 0.25) is 0 Å². The van der Waals surface area contributed by atoms with Crippen LogP contribution in [-0.2, 0) is 6.18 Å². The minimum absolute atomic E-state index is 0.148. The number of nitrogens with zero attached hydrogens (tertiary/aromatic N) is 3. The standard InChI is InChI=1S/C14H16F3N3S/c1-9(2)8-20(3)13-11(14(15,16)17)19-12(21-13)10-5-4-6-18-7-10/h4-7,9H,8H2,1-3H3. The Kier molecular flexibility index (Phi) is 4.51. The Morgan fingerprint density at radius 1 is 1.33 bits per heavy atom. The molecule has 21 heavy (non-hydrogen) atoms. The molecule has 0 atom stereocenters. The van der Waals surface area contributed by atoms with E-state index in [4.69, 9.17) is 0 Å². The number of hydrogen-bond acceptors (Lipinski definition) is 4. The summed E-state index contributed by atoms with van der Waals surface area (Å²) < 4.78 is 39.5. The third-order valence-corrected chi connectivity index (χ3v) is 3.99. The monoisotopic (exact) mass is 315 g/mol. The molecule has 0 saturated heterocycles. The normalized spacial score (nSPS) is 12.0. The van der Waals surface area contributed by atoms with Crippen LogP contribution >= 0.6 is 11.3 Å². The molecule has 0 amide bonds. The zero-order valence-corrected chi connectivity index (χ0v) is 12.8. The summed E-state index contributed by atoms with van der Waals surface area (Å²) in [5.74, 6) is 0.264. The summed E-state index contributed by atoms with van der Waals surface area (Å²) in [4.78, 5) is 9.34. The van der Waals surface area contributed by atoms with Gasteiger partial charge in [-0.3, -0.25) is 4.98 Å². The molecule has 3 nitrogen and oxygen atoms in total. The molecule has 0 bridgehead atoms. The van der Waals surface area contributed by atoms with Gasteiger partial charge < -0.3 is 4.90 Å². The topological polar surface area (TPSA) is 29.0 Å². The summed E-state index contributed by atoms with van der Waals surface area (Å²) in [6.45, 7) is 4.47. The number of rotatable bonds is 4. The van der Waals surface area contributed by atoms with E-state index in [0.717, 1.165) is 11.3 Å². The van der Waals surface area contributed by atoms with Crippen LogP contribution in [0.15, 0.2) is 24.5 Å². The first-order valence-corrected chi connectivity index (χ1v) is 7.30. The minimum Gasteiger partial charge on any atom is -0.364 e. The molecular formula is C14H16F3N3S.